The first-order chi connectivity index (χ1) is 8.58. The third kappa shape index (κ3) is 4.31. The molecule has 0 saturated carbocycles. The Kier molecular flexibility index (Phi) is 6.16. The van der Waals surface area contributed by atoms with E-state index in [1.165, 1.54) is 0 Å². The Morgan fingerprint density at radius 1 is 1.11 bits per heavy atom. The fourth-order valence-corrected chi connectivity index (χ4v) is 2.18. The Morgan fingerprint density at radius 2 is 1.67 bits per heavy atom. The van der Waals surface area contributed by atoms with Gasteiger partial charge >= 0.3 is 0 Å². The van der Waals surface area contributed by atoms with Crippen LogP contribution in [0.3, 0.4) is 0 Å². The van der Waals surface area contributed by atoms with E-state index in [1.807, 2.05) is 12.1 Å². The molecule has 102 valence electrons. The Bertz CT molecular complexity index is 333. The number of aliphatic hydroxyl groups excluding tert-OH is 1. The first kappa shape index (κ1) is 15.0. The van der Waals surface area contributed by atoms with Crippen molar-refractivity contribution < 1.29 is 10.2 Å². The molecule has 0 aliphatic heterocycles. The average Bonchev–Trinajstić information content (AvgIpc) is 2.38. The molecule has 3 heteroatoms. The van der Waals surface area contributed by atoms with E-state index in [2.05, 4.69) is 26.1 Å². The van der Waals surface area contributed by atoms with Gasteiger partial charge in [0, 0.05) is 12.6 Å². The molecule has 0 amide bonds. The van der Waals surface area contributed by atoms with Gasteiger partial charge in [0.05, 0.1) is 6.10 Å². The molecule has 0 heterocycles. The Morgan fingerprint density at radius 3 is 2.17 bits per heavy atom. The van der Waals surface area contributed by atoms with Gasteiger partial charge < -0.3 is 15.5 Å². The van der Waals surface area contributed by atoms with Gasteiger partial charge in [-0.1, -0.05) is 38.8 Å². The topological polar surface area (TPSA) is 52.5 Å². The van der Waals surface area contributed by atoms with Crippen LogP contribution < -0.4 is 5.32 Å². The highest BCUT2D eigenvalue weighted by molar-refractivity contribution is 5.27. The van der Waals surface area contributed by atoms with Crippen LogP contribution in [0, 0.1) is 5.92 Å². The molecular formula is C15H25NO2. The lowest BCUT2D eigenvalue weighted by molar-refractivity contribution is 0.0989. The van der Waals surface area contributed by atoms with E-state index in [0.717, 1.165) is 18.4 Å². The van der Waals surface area contributed by atoms with Crippen LogP contribution in [0.2, 0.25) is 0 Å². The zero-order valence-electron chi connectivity index (χ0n) is 11.6. The number of rotatable bonds is 7. The fraction of sp³-hybridized carbons (Fsp3) is 0.600. The van der Waals surface area contributed by atoms with Gasteiger partial charge in [0.1, 0.15) is 5.75 Å². The average molecular weight is 251 g/mol. The summed E-state index contributed by atoms with van der Waals surface area (Å²) in [6.07, 6.45) is 1.72. The van der Waals surface area contributed by atoms with Crippen LogP contribution >= 0.6 is 0 Å². The largest absolute Gasteiger partial charge is 0.508 e. The van der Waals surface area contributed by atoms with Gasteiger partial charge in [-0.15, -0.1) is 0 Å². The Balaban J connectivity index is 2.45. The quantitative estimate of drug-likeness (QED) is 0.698. The van der Waals surface area contributed by atoms with E-state index in [9.17, 15) is 10.2 Å². The lowest BCUT2D eigenvalue weighted by atomic mass is 9.96. The Hall–Kier alpha value is -1.06. The summed E-state index contributed by atoms with van der Waals surface area (Å²) in [6, 6.07) is 7.34. The maximum absolute atomic E-state index is 10.0. The molecule has 1 rings (SSSR count). The summed E-state index contributed by atoms with van der Waals surface area (Å²) in [6.45, 7) is 6.89. The highest BCUT2D eigenvalue weighted by Crippen LogP contribution is 2.17. The monoisotopic (exact) mass is 251 g/mol. The number of hydrogen-bond donors (Lipinski definition) is 3. The molecule has 1 aromatic carbocycles. The zero-order chi connectivity index (χ0) is 13.5. The molecule has 18 heavy (non-hydrogen) atoms. The second kappa shape index (κ2) is 7.39. The predicted molar refractivity (Wildman–Crippen MR) is 74.6 cm³/mol. The standard InChI is InChI=1S/C15H25NO2/c1-4-12(5-2)15(18)10-16-11(3)13-6-8-14(17)9-7-13/h6-9,11-12,15-18H,4-5,10H2,1-3H3. The van der Waals surface area contributed by atoms with Gasteiger partial charge in [0.2, 0.25) is 0 Å². The molecule has 0 aliphatic rings. The van der Waals surface area contributed by atoms with Gasteiger partial charge in [-0.2, -0.15) is 0 Å². The second-order valence-corrected chi connectivity index (χ2v) is 4.87. The van der Waals surface area contributed by atoms with E-state index in [-0.39, 0.29) is 17.9 Å². The van der Waals surface area contributed by atoms with E-state index >= 15 is 0 Å². The van der Waals surface area contributed by atoms with Crippen LogP contribution in [0.25, 0.3) is 0 Å². The summed E-state index contributed by atoms with van der Waals surface area (Å²) >= 11 is 0. The fourth-order valence-electron chi connectivity index (χ4n) is 2.18. The zero-order valence-corrected chi connectivity index (χ0v) is 11.6. The first-order valence-corrected chi connectivity index (χ1v) is 6.78. The highest BCUT2D eigenvalue weighted by atomic mass is 16.3. The lowest BCUT2D eigenvalue weighted by Crippen LogP contribution is -2.33. The molecule has 0 bridgehead atoms. The maximum Gasteiger partial charge on any atom is 0.115 e. The number of hydrogen-bond acceptors (Lipinski definition) is 3. The molecule has 3 nitrogen and oxygen atoms in total. The molecular weight excluding hydrogens is 226 g/mol. The molecule has 1 aromatic rings. The lowest BCUT2D eigenvalue weighted by Gasteiger charge is -2.23. The summed E-state index contributed by atoms with van der Waals surface area (Å²) < 4.78 is 0. The number of aliphatic hydroxyl groups is 1. The van der Waals surface area contributed by atoms with Gasteiger partial charge in [-0.25, -0.2) is 0 Å². The molecule has 0 aliphatic carbocycles. The summed E-state index contributed by atoms with van der Waals surface area (Å²) in [5.74, 6) is 0.646. The minimum atomic E-state index is -0.292. The number of benzene rings is 1. The molecule has 0 radical (unpaired) electrons. The highest BCUT2D eigenvalue weighted by Gasteiger charge is 2.16. The summed E-state index contributed by atoms with van der Waals surface area (Å²) in [7, 11) is 0. The predicted octanol–water partition coefficient (Wildman–Crippen LogP) is 2.84. The van der Waals surface area contributed by atoms with Gasteiger partial charge in [0.15, 0.2) is 0 Å². The molecule has 2 atom stereocenters. The molecule has 0 spiro atoms. The third-order valence-electron chi connectivity index (χ3n) is 3.62. The van der Waals surface area contributed by atoms with Crippen molar-refractivity contribution in [3.63, 3.8) is 0 Å². The first-order valence-electron chi connectivity index (χ1n) is 6.78. The van der Waals surface area contributed by atoms with Crippen molar-refractivity contribution in [1.82, 2.24) is 5.32 Å². The summed E-state index contributed by atoms with van der Waals surface area (Å²) in [5, 5.41) is 22.6. The minimum absolute atomic E-state index is 0.176. The molecule has 3 N–H and O–H groups in total. The number of aromatic hydroxyl groups is 1. The number of phenolic OH excluding ortho intramolecular Hbond substituents is 1. The summed E-state index contributed by atoms with van der Waals surface area (Å²) in [4.78, 5) is 0. The van der Waals surface area contributed by atoms with Gasteiger partial charge in [0.25, 0.3) is 0 Å². The van der Waals surface area contributed by atoms with Crippen LogP contribution in [-0.4, -0.2) is 22.9 Å². The van der Waals surface area contributed by atoms with Crippen LogP contribution in [0.1, 0.15) is 45.2 Å². The van der Waals surface area contributed by atoms with Crippen LogP contribution in [-0.2, 0) is 0 Å². The van der Waals surface area contributed by atoms with Crippen molar-refractivity contribution in [3.8, 4) is 5.75 Å². The van der Waals surface area contributed by atoms with Crippen molar-refractivity contribution in [2.75, 3.05) is 6.54 Å². The van der Waals surface area contributed by atoms with Gasteiger partial charge in [-0.05, 0) is 30.5 Å². The third-order valence-corrected chi connectivity index (χ3v) is 3.62. The van der Waals surface area contributed by atoms with E-state index in [0.29, 0.717) is 12.5 Å². The summed E-state index contributed by atoms with van der Waals surface area (Å²) in [5.41, 5.74) is 1.12. The minimum Gasteiger partial charge on any atom is -0.508 e. The van der Waals surface area contributed by atoms with Crippen LogP contribution in [0.4, 0.5) is 0 Å². The second-order valence-electron chi connectivity index (χ2n) is 4.87. The maximum atomic E-state index is 10.0. The van der Waals surface area contributed by atoms with Gasteiger partial charge in [-0.3, -0.25) is 0 Å². The SMILES string of the molecule is CCC(CC)C(O)CNC(C)c1ccc(O)cc1. The van der Waals surface area contributed by atoms with Crippen LogP contribution in [0.5, 0.6) is 5.75 Å². The molecule has 0 fully saturated rings. The van der Waals surface area contributed by atoms with Crippen molar-refractivity contribution in [2.45, 2.75) is 45.8 Å². The number of phenols is 1. The van der Waals surface area contributed by atoms with E-state index in [1.54, 1.807) is 12.1 Å². The van der Waals surface area contributed by atoms with Crippen molar-refractivity contribution in [3.05, 3.63) is 29.8 Å². The van der Waals surface area contributed by atoms with Crippen molar-refractivity contribution >= 4 is 0 Å². The Labute approximate surface area is 110 Å². The van der Waals surface area contributed by atoms with Crippen molar-refractivity contribution in [2.24, 2.45) is 5.92 Å². The van der Waals surface area contributed by atoms with E-state index < -0.39 is 0 Å². The number of nitrogens with one attached hydrogen (secondary N) is 1. The van der Waals surface area contributed by atoms with E-state index in [4.69, 9.17) is 0 Å². The molecule has 0 saturated heterocycles. The normalized spacial score (nSPS) is 14.7. The molecule has 2 unspecified atom stereocenters. The smallest absolute Gasteiger partial charge is 0.115 e. The van der Waals surface area contributed by atoms with Crippen molar-refractivity contribution in [1.29, 1.82) is 0 Å². The molecule has 0 aromatic heterocycles. The van der Waals surface area contributed by atoms with Crippen LogP contribution in [0.15, 0.2) is 24.3 Å².